The van der Waals surface area contributed by atoms with Crippen LogP contribution in [0.15, 0.2) is 133 Å². The SMILES string of the molecule is CC(C)C.CCC.CCC(C)CC/C=C(\C)N(c1ccccc1)c1ccc2c(c1)Oc1cc(N(C3=CCC=CCC3)c3ccccc3)ccc1CC(=O)C2. The minimum absolute atomic E-state index is 0.190. The third-order valence-corrected chi connectivity index (χ3v) is 9.30. The Bertz CT molecular complexity index is 1830. The van der Waals surface area contributed by atoms with Crippen LogP contribution in [0.2, 0.25) is 0 Å². The van der Waals surface area contributed by atoms with E-state index in [1.54, 1.807) is 0 Å². The molecule has 0 radical (unpaired) electrons. The van der Waals surface area contributed by atoms with Gasteiger partial charge in [-0.1, -0.05) is 134 Å². The molecular formula is C50H64N2O2. The smallest absolute Gasteiger partial charge is 0.141 e. The minimum atomic E-state index is 0.190. The van der Waals surface area contributed by atoms with E-state index in [0.29, 0.717) is 18.8 Å². The highest BCUT2D eigenvalue weighted by atomic mass is 16.5. The van der Waals surface area contributed by atoms with Gasteiger partial charge in [0.2, 0.25) is 0 Å². The largest absolute Gasteiger partial charge is 0.457 e. The van der Waals surface area contributed by atoms with E-state index in [9.17, 15) is 4.79 Å². The summed E-state index contributed by atoms with van der Waals surface area (Å²) in [5, 5.41) is 0. The van der Waals surface area contributed by atoms with Crippen molar-refractivity contribution in [3.8, 4) is 11.5 Å². The van der Waals surface area contributed by atoms with Gasteiger partial charge in [0.15, 0.2) is 0 Å². The van der Waals surface area contributed by atoms with E-state index in [1.807, 2.05) is 6.07 Å². The fourth-order valence-electron chi connectivity index (χ4n) is 6.47. The number of anilines is 4. The molecule has 0 saturated heterocycles. The summed E-state index contributed by atoms with van der Waals surface area (Å²) in [5.74, 6) is 3.18. The molecule has 0 N–H and O–H groups in total. The molecule has 1 aliphatic heterocycles. The third kappa shape index (κ3) is 12.4. The van der Waals surface area contributed by atoms with E-state index < -0.39 is 0 Å². The highest BCUT2D eigenvalue weighted by molar-refractivity contribution is 5.86. The molecule has 0 saturated carbocycles. The number of hydrogen-bond acceptors (Lipinski definition) is 4. The summed E-state index contributed by atoms with van der Waals surface area (Å²) < 4.78 is 6.85. The lowest BCUT2D eigenvalue weighted by atomic mass is 9.98. The van der Waals surface area contributed by atoms with Crippen molar-refractivity contribution >= 4 is 28.5 Å². The Morgan fingerprint density at radius 2 is 1.30 bits per heavy atom. The van der Waals surface area contributed by atoms with Crippen LogP contribution in [-0.2, 0) is 17.6 Å². The first-order chi connectivity index (χ1) is 26.1. The van der Waals surface area contributed by atoms with Crippen LogP contribution in [0, 0.1) is 11.8 Å². The predicted molar refractivity (Wildman–Crippen MR) is 233 cm³/mol. The Morgan fingerprint density at radius 3 is 1.89 bits per heavy atom. The molecule has 286 valence electrons. The Morgan fingerprint density at radius 1 is 0.741 bits per heavy atom. The van der Waals surface area contributed by atoms with Crippen molar-refractivity contribution in [3.63, 3.8) is 0 Å². The number of carbonyl (C=O) groups excluding carboxylic acids is 1. The van der Waals surface area contributed by atoms with Gasteiger partial charge in [-0.25, -0.2) is 0 Å². The van der Waals surface area contributed by atoms with Crippen LogP contribution >= 0.6 is 0 Å². The van der Waals surface area contributed by atoms with E-state index in [-0.39, 0.29) is 5.78 Å². The number of ether oxygens (including phenoxy) is 1. The van der Waals surface area contributed by atoms with Gasteiger partial charge in [-0.3, -0.25) is 4.79 Å². The molecule has 1 aliphatic carbocycles. The normalized spacial score (nSPS) is 14.3. The Kier molecular flexibility index (Phi) is 16.9. The van der Waals surface area contributed by atoms with E-state index in [2.05, 4.69) is 180 Å². The van der Waals surface area contributed by atoms with Gasteiger partial charge < -0.3 is 14.5 Å². The van der Waals surface area contributed by atoms with Crippen LogP contribution in [0.5, 0.6) is 11.5 Å². The van der Waals surface area contributed by atoms with Crippen LogP contribution < -0.4 is 14.5 Å². The van der Waals surface area contributed by atoms with E-state index in [1.165, 1.54) is 30.7 Å². The fraction of sp³-hybridized carbons (Fsp3) is 0.380. The molecule has 4 nitrogen and oxygen atoms in total. The quantitative estimate of drug-likeness (QED) is 0.152. The number of benzene rings is 4. The molecule has 0 amide bonds. The standard InChI is InChI=1S/C43H46N2O2.C4H10.C3H8/c1-4-32(2)16-15-17-33(3)44(36-18-11-7-12-19-36)39-26-24-34-28-41(46)29-35-25-27-40(31-43(35)47-42(34)30-39)45(38-22-13-8-14-23-38)37-20-9-5-6-10-21-37;1-4(2)3;1-3-2/h5-8,11-14,17-20,22-27,30-32H,4,9-10,15-16,21,28-29H2,1-3H3;4H,1-3H3;3H2,1-2H3/b33-17+;;. The van der Waals surface area contributed by atoms with Gasteiger partial charge in [-0.05, 0) is 87.3 Å². The molecule has 4 heteroatoms. The number of Topliss-reactive ketones (excluding diaryl/α,β-unsaturated/α-hetero) is 1. The second kappa shape index (κ2) is 21.8. The zero-order chi connectivity index (χ0) is 38.9. The van der Waals surface area contributed by atoms with Crippen LogP contribution in [0.25, 0.3) is 0 Å². The molecule has 0 aromatic heterocycles. The topological polar surface area (TPSA) is 32.8 Å². The maximum absolute atomic E-state index is 13.3. The molecule has 6 rings (SSSR count). The first-order valence-electron chi connectivity index (χ1n) is 20.3. The van der Waals surface area contributed by atoms with Gasteiger partial charge in [-0.15, -0.1) is 0 Å². The Labute approximate surface area is 327 Å². The van der Waals surface area contributed by atoms with Crippen molar-refractivity contribution in [1.82, 2.24) is 0 Å². The van der Waals surface area contributed by atoms with Gasteiger partial charge in [0.25, 0.3) is 0 Å². The van der Waals surface area contributed by atoms with E-state index >= 15 is 0 Å². The van der Waals surface area contributed by atoms with Crippen molar-refractivity contribution < 1.29 is 9.53 Å². The molecule has 4 aromatic carbocycles. The molecule has 54 heavy (non-hydrogen) atoms. The van der Waals surface area contributed by atoms with Crippen LogP contribution in [0.1, 0.15) is 111 Å². The fourth-order valence-corrected chi connectivity index (χ4v) is 6.47. The zero-order valence-corrected chi connectivity index (χ0v) is 34.3. The molecule has 4 aromatic rings. The second-order valence-electron chi connectivity index (χ2n) is 15.2. The van der Waals surface area contributed by atoms with Gasteiger partial charge in [0.05, 0.1) is 0 Å². The first kappa shape index (κ1) is 41.9. The Balaban J connectivity index is 0.000000858. The number of nitrogens with zero attached hydrogens (tertiary/aromatic N) is 2. The lowest BCUT2D eigenvalue weighted by Gasteiger charge is -2.29. The maximum atomic E-state index is 13.3. The van der Waals surface area contributed by atoms with E-state index in [4.69, 9.17) is 4.74 Å². The summed E-state index contributed by atoms with van der Waals surface area (Å²) in [6.07, 6.45) is 17.4. The van der Waals surface area contributed by atoms with Gasteiger partial charge in [0, 0.05) is 70.2 Å². The van der Waals surface area contributed by atoms with E-state index in [0.717, 1.165) is 77.0 Å². The molecule has 0 spiro atoms. The zero-order valence-electron chi connectivity index (χ0n) is 34.3. The molecule has 0 bridgehead atoms. The van der Waals surface area contributed by atoms with Gasteiger partial charge in [-0.2, -0.15) is 0 Å². The molecule has 0 fully saturated rings. The summed E-state index contributed by atoms with van der Waals surface area (Å²) >= 11 is 0. The van der Waals surface area contributed by atoms with Crippen molar-refractivity contribution in [3.05, 3.63) is 144 Å². The number of carbonyl (C=O) groups is 1. The molecule has 1 unspecified atom stereocenters. The summed E-state index contributed by atoms with van der Waals surface area (Å²) in [5.41, 5.74) is 8.52. The molecular weight excluding hydrogens is 661 g/mol. The van der Waals surface area contributed by atoms with Crippen LogP contribution in [-0.4, -0.2) is 5.78 Å². The number of para-hydroxylation sites is 2. The number of fused-ring (bicyclic) bond motifs is 2. The van der Waals surface area contributed by atoms with Crippen molar-refractivity contribution in [2.24, 2.45) is 11.8 Å². The third-order valence-electron chi connectivity index (χ3n) is 9.30. The second-order valence-corrected chi connectivity index (χ2v) is 15.2. The molecule has 2 aliphatic rings. The first-order valence-corrected chi connectivity index (χ1v) is 20.3. The lowest BCUT2D eigenvalue weighted by molar-refractivity contribution is -0.117. The van der Waals surface area contributed by atoms with Gasteiger partial charge >= 0.3 is 0 Å². The average Bonchev–Trinajstić information content (AvgIpc) is 3.43. The minimum Gasteiger partial charge on any atom is -0.457 e. The molecule has 1 atom stereocenters. The number of ketones is 1. The number of allylic oxidation sites excluding steroid dienone is 6. The monoisotopic (exact) mass is 724 g/mol. The highest BCUT2D eigenvalue weighted by Gasteiger charge is 2.23. The predicted octanol–water partition coefficient (Wildman–Crippen LogP) is 14.9. The molecule has 1 heterocycles. The number of rotatable bonds is 10. The van der Waals surface area contributed by atoms with Crippen molar-refractivity contribution in [1.29, 1.82) is 0 Å². The summed E-state index contributed by atoms with van der Waals surface area (Å²) in [6, 6.07) is 33.6. The number of hydrogen-bond donors (Lipinski definition) is 0. The summed E-state index contributed by atoms with van der Waals surface area (Å²) in [6.45, 7) is 17.5. The van der Waals surface area contributed by atoms with Crippen molar-refractivity contribution in [2.75, 3.05) is 9.80 Å². The van der Waals surface area contributed by atoms with Crippen LogP contribution in [0.3, 0.4) is 0 Å². The van der Waals surface area contributed by atoms with Crippen LogP contribution in [0.4, 0.5) is 22.7 Å². The maximum Gasteiger partial charge on any atom is 0.141 e. The van der Waals surface area contributed by atoms with Gasteiger partial charge in [0.1, 0.15) is 17.3 Å². The highest BCUT2D eigenvalue weighted by Crippen LogP contribution is 2.41. The Hall–Kier alpha value is -4.83. The lowest BCUT2D eigenvalue weighted by Crippen LogP contribution is -2.18. The summed E-state index contributed by atoms with van der Waals surface area (Å²) in [4.78, 5) is 18.0. The average molecular weight is 725 g/mol. The van der Waals surface area contributed by atoms with Crippen molar-refractivity contribution in [2.45, 2.75) is 113 Å². The summed E-state index contributed by atoms with van der Waals surface area (Å²) in [7, 11) is 0.